The first kappa shape index (κ1) is 13.0. The zero-order chi connectivity index (χ0) is 12.3. The molecule has 2 heteroatoms. The SMILES string of the molecule is CCc1cc(CCO)c(O)c(C(C)(C)C)c1. The summed E-state index contributed by atoms with van der Waals surface area (Å²) in [6.07, 6.45) is 1.46. The van der Waals surface area contributed by atoms with Crippen LogP contribution in [0, 0.1) is 0 Å². The van der Waals surface area contributed by atoms with Gasteiger partial charge in [0.25, 0.3) is 0 Å². The number of aliphatic hydroxyl groups excluding tert-OH is 1. The van der Waals surface area contributed by atoms with E-state index in [-0.39, 0.29) is 12.0 Å². The standard InChI is InChI=1S/C14H22O2/c1-5-10-8-11(6-7-15)13(16)12(9-10)14(2,3)4/h8-9,15-16H,5-7H2,1-4H3. The average Bonchev–Trinajstić information content (AvgIpc) is 2.19. The van der Waals surface area contributed by atoms with Crippen molar-refractivity contribution in [3.05, 3.63) is 28.8 Å². The summed E-state index contributed by atoms with van der Waals surface area (Å²) in [6.45, 7) is 8.44. The van der Waals surface area contributed by atoms with E-state index in [1.165, 1.54) is 5.56 Å². The third-order valence-corrected chi connectivity index (χ3v) is 2.85. The third-order valence-electron chi connectivity index (χ3n) is 2.85. The molecule has 0 amide bonds. The zero-order valence-electron chi connectivity index (χ0n) is 10.7. The molecule has 0 spiro atoms. The molecule has 90 valence electrons. The molecule has 0 fully saturated rings. The molecule has 0 aliphatic heterocycles. The molecule has 16 heavy (non-hydrogen) atoms. The number of rotatable bonds is 3. The van der Waals surface area contributed by atoms with Crippen molar-refractivity contribution in [2.24, 2.45) is 0 Å². The van der Waals surface area contributed by atoms with Gasteiger partial charge in [0.15, 0.2) is 0 Å². The highest BCUT2D eigenvalue weighted by molar-refractivity contribution is 5.47. The van der Waals surface area contributed by atoms with Gasteiger partial charge in [-0.15, -0.1) is 0 Å². The number of phenolic OH excluding ortho intramolecular Hbond substituents is 1. The van der Waals surface area contributed by atoms with Gasteiger partial charge in [0.05, 0.1) is 0 Å². The average molecular weight is 222 g/mol. The van der Waals surface area contributed by atoms with Crippen molar-refractivity contribution >= 4 is 0 Å². The van der Waals surface area contributed by atoms with Crippen molar-refractivity contribution in [1.82, 2.24) is 0 Å². The highest BCUT2D eigenvalue weighted by Crippen LogP contribution is 2.34. The Morgan fingerprint density at radius 2 is 1.81 bits per heavy atom. The minimum atomic E-state index is -0.0700. The number of phenols is 1. The Hall–Kier alpha value is -1.02. The van der Waals surface area contributed by atoms with Crippen LogP contribution in [0.25, 0.3) is 0 Å². The van der Waals surface area contributed by atoms with E-state index in [2.05, 4.69) is 33.8 Å². The van der Waals surface area contributed by atoms with E-state index in [0.29, 0.717) is 12.2 Å². The third kappa shape index (κ3) is 2.76. The second kappa shape index (κ2) is 4.88. The molecule has 0 aromatic heterocycles. The normalized spacial score (nSPS) is 11.8. The van der Waals surface area contributed by atoms with Crippen LogP contribution in [0.4, 0.5) is 0 Å². The van der Waals surface area contributed by atoms with Crippen molar-refractivity contribution in [3.8, 4) is 5.75 Å². The summed E-state index contributed by atoms with van der Waals surface area (Å²) in [5.41, 5.74) is 2.97. The number of hydrogen-bond acceptors (Lipinski definition) is 2. The summed E-state index contributed by atoms with van der Waals surface area (Å²) in [7, 11) is 0. The van der Waals surface area contributed by atoms with Gasteiger partial charge in [-0.3, -0.25) is 0 Å². The first-order valence-corrected chi connectivity index (χ1v) is 5.86. The fraction of sp³-hybridized carbons (Fsp3) is 0.571. The van der Waals surface area contributed by atoms with Crippen LogP contribution in [0.2, 0.25) is 0 Å². The molecule has 0 saturated heterocycles. The minimum Gasteiger partial charge on any atom is -0.507 e. The van der Waals surface area contributed by atoms with Gasteiger partial charge in [-0.05, 0) is 34.9 Å². The molecule has 0 heterocycles. The Labute approximate surface area is 97.9 Å². The molecular weight excluding hydrogens is 200 g/mol. The van der Waals surface area contributed by atoms with Crippen molar-refractivity contribution in [1.29, 1.82) is 0 Å². The van der Waals surface area contributed by atoms with Crippen molar-refractivity contribution < 1.29 is 10.2 Å². The second-order valence-corrected chi connectivity index (χ2v) is 5.23. The molecule has 1 aromatic carbocycles. The summed E-state index contributed by atoms with van der Waals surface area (Å²) < 4.78 is 0. The first-order valence-electron chi connectivity index (χ1n) is 5.86. The lowest BCUT2D eigenvalue weighted by Crippen LogP contribution is -2.13. The lowest BCUT2D eigenvalue weighted by molar-refractivity contribution is 0.297. The van der Waals surface area contributed by atoms with Crippen molar-refractivity contribution in [2.45, 2.75) is 46.0 Å². The van der Waals surface area contributed by atoms with Crippen LogP contribution in [-0.4, -0.2) is 16.8 Å². The van der Waals surface area contributed by atoms with E-state index in [4.69, 9.17) is 5.11 Å². The Morgan fingerprint density at radius 1 is 1.19 bits per heavy atom. The van der Waals surface area contributed by atoms with Crippen LogP contribution in [0.3, 0.4) is 0 Å². The minimum absolute atomic E-state index is 0.0700. The summed E-state index contributed by atoms with van der Waals surface area (Å²) in [4.78, 5) is 0. The van der Waals surface area contributed by atoms with Crippen LogP contribution in [0.15, 0.2) is 12.1 Å². The van der Waals surface area contributed by atoms with E-state index in [0.717, 1.165) is 17.5 Å². The predicted molar refractivity (Wildman–Crippen MR) is 67.0 cm³/mol. The maximum absolute atomic E-state index is 10.2. The highest BCUT2D eigenvalue weighted by atomic mass is 16.3. The van der Waals surface area contributed by atoms with Crippen LogP contribution < -0.4 is 0 Å². The molecule has 2 N–H and O–H groups in total. The van der Waals surface area contributed by atoms with Crippen LogP contribution in [-0.2, 0) is 18.3 Å². The molecule has 0 radical (unpaired) electrons. The van der Waals surface area contributed by atoms with Crippen molar-refractivity contribution in [3.63, 3.8) is 0 Å². The van der Waals surface area contributed by atoms with Gasteiger partial charge in [-0.2, -0.15) is 0 Å². The summed E-state index contributed by atoms with van der Waals surface area (Å²) in [5, 5.41) is 19.2. The Balaban J connectivity index is 3.31. The van der Waals surface area contributed by atoms with Gasteiger partial charge < -0.3 is 10.2 Å². The summed E-state index contributed by atoms with van der Waals surface area (Å²) >= 11 is 0. The molecule has 0 aliphatic carbocycles. The van der Waals surface area contributed by atoms with Gasteiger partial charge in [-0.1, -0.05) is 39.8 Å². The number of aliphatic hydroxyl groups is 1. The highest BCUT2D eigenvalue weighted by Gasteiger charge is 2.20. The zero-order valence-corrected chi connectivity index (χ0v) is 10.7. The number of benzene rings is 1. The second-order valence-electron chi connectivity index (χ2n) is 5.23. The maximum atomic E-state index is 10.2. The Kier molecular flexibility index (Phi) is 3.98. The largest absolute Gasteiger partial charge is 0.507 e. The van der Waals surface area contributed by atoms with Gasteiger partial charge in [0.2, 0.25) is 0 Å². The van der Waals surface area contributed by atoms with Crippen LogP contribution in [0.1, 0.15) is 44.4 Å². The molecule has 1 aromatic rings. The lowest BCUT2D eigenvalue weighted by Gasteiger charge is -2.23. The Morgan fingerprint density at radius 3 is 2.25 bits per heavy atom. The smallest absolute Gasteiger partial charge is 0.122 e. The van der Waals surface area contributed by atoms with E-state index in [1.807, 2.05) is 6.07 Å². The summed E-state index contributed by atoms with van der Waals surface area (Å²) in [6, 6.07) is 4.05. The Bertz CT molecular complexity index is 362. The van der Waals surface area contributed by atoms with E-state index >= 15 is 0 Å². The van der Waals surface area contributed by atoms with E-state index in [1.54, 1.807) is 0 Å². The van der Waals surface area contributed by atoms with Crippen LogP contribution in [0.5, 0.6) is 5.75 Å². The van der Waals surface area contributed by atoms with E-state index < -0.39 is 0 Å². The fourth-order valence-corrected chi connectivity index (χ4v) is 1.85. The maximum Gasteiger partial charge on any atom is 0.122 e. The van der Waals surface area contributed by atoms with Gasteiger partial charge >= 0.3 is 0 Å². The monoisotopic (exact) mass is 222 g/mol. The molecule has 2 nitrogen and oxygen atoms in total. The van der Waals surface area contributed by atoms with E-state index in [9.17, 15) is 5.11 Å². The molecular formula is C14H22O2. The molecule has 0 bridgehead atoms. The summed E-state index contributed by atoms with van der Waals surface area (Å²) in [5.74, 6) is 0.346. The first-order chi connectivity index (χ1) is 7.40. The van der Waals surface area contributed by atoms with Gasteiger partial charge in [-0.25, -0.2) is 0 Å². The van der Waals surface area contributed by atoms with Gasteiger partial charge in [0, 0.05) is 6.61 Å². The van der Waals surface area contributed by atoms with Crippen molar-refractivity contribution in [2.75, 3.05) is 6.61 Å². The molecule has 0 unspecified atom stereocenters. The molecule has 0 saturated carbocycles. The predicted octanol–water partition coefficient (Wildman–Crippen LogP) is 2.79. The van der Waals surface area contributed by atoms with Crippen LogP contribution >= 0.6 is 0 Å². The molecule has 0 aliphatic rings. The number of hydrogen-bond donors (Lipinski definition) is 2. The van der Waals surface area contributed by atoms with Gasteiger partial charge in [0.1, 0.15) is 5.75 Å². The fourth-order valence-electron chi connectivity index (χ4n) is 1.85. The lowest BCUT2D eigenvalue weighted by atomic mass is 9.83. The number of aromatic hydroxyl groups is 1. The molecule has 1 rings (SSSR count). The topological polar surface area (TPSA) is 40.5 Å². The number of aryl methyl sites for hydroxylation is 1. The quantitative estimate of drug-likeness (QED) is 0.825. The molecule has 0 atom stereocenters.